The maximum Gasteiger partial charge on any atom is 0.254 e. The molecule has 1 saturated heterocycles. The van der Waals surface area contributed by atoms with Crippen molar-refractivity contribution in [3.8, 4) is 5.69 Å². The Morgan fingerprint density at radius 3 is 2.62 bits per heavy atom. The molecule has 1 fully saturated rings. The molecule has 2 heterocycles. The molecule has 3 rings (SSSR count). The molecule has 0 radical (unpaired) electrons. The molecule has 7 heteroatoms. The van der Waals surface area contributed by atoms with Crippen LogP contribution in [0.25, 0.3) is 5.69 Å². The van der Waals surface area contributed by atoms with Gasteiger partial charge in [0.25, 0.3) is 5.91 Å². The predicted octanol–water partition coefficient (Wildman–Crippen LogP) is 1.65. The van der Waals surface area contributed by atoms with Gasteiger partial charge in [-0.25, -0.2) is 13.1 Å². The SMILES string of the molecule is Cc1ccc(-n2ncc(C(=O)NC[C@H]3CCS(=O)(=O)C3)c2C)cc1. The first kappa shape index (κ1) is 16.7. The molecule has 1 amide bonds. The maximum atomic E-state index is 12.4. The Kier molecular flexibility index (Phi) is 4.45. The van der Waals surface area contributed by atoms with Crippen LogP contribution >= 0.6 is 0 Å². The standard InChI is InChI=1S/C17H21N3O3S/c1-12-3-5-15(6-4-12)20-13(2)16(10-19-20)17(21)18-9-14-7-8-24(22,23)11-14/h3-6,10,14H,7-9,11H2,1-2H3,(H,18,21)/t14-/m1/s1. The summed E-state index contributed by atoms with van der Waals surface area (Å²) in [5.41, 5.74) is 3.33. The van der Waals surface area contributed by atoms with E-state index >= 15 is 0 Å². The van der Waals surface area contributed by atoms with E-state index in [1.807, 2.05) is 38.1 Å². The van der Waals surface area contributed by atoms with Crippen LogP contribution in [-0.4, -0.2) is 42.2 Å². The van der Waals surface area contributed by atoms with Crippen LogP contribution in [-0.2, 0) is 9.84 Å². The fraction of sp³-hybridized carbons (Fsp3) is 0.412. The average molecular weight is 347 g/mol. The zero-order valence-corrected chi connectivity index (χ0v) is 14.6. The second-order valence-electron chi connectivity index (χ2n) is 6.37. The first-order chi connectivity index (χ1) is 11.4. The Labute approximate surface area is 141 Å². The van der Waals surface area contributed by atoms with E-state index in [0.717, 1.165) is 16.9 Å². The molecule has 1 aliphatic rings. The van der Waals surface area contributed by atoms with Crippen LogP contribution in [0.15, 0.2) is 30.5 Å². The summed E-state index contributed by atoms with van der Waals surface area (Å²) in [5.74, 6) is 0.175. The van der Waals surface area contributed by atoms with E-state index in [1.54, 1.807) is 10.9 Å². The van der Waals surface area contributed by atoms with Crippen LogP contribution in [0.3, 0.4) is 0 Å². The Morgan fingerprint density at radius 2 is 2.00 bits per heavy atom. The molecule has 0 bridgehead atoms. The van der Waals surface area contributed by atoms with Gasteiger partial charge in [-0.2, -0.15) is 5.10 Å². The highest BCUT2D eigenvalue weighted by Gasteiger charge is 2.28. The monoisotopic (exact) mass is 347 g/mol. The number of carbonyl (C=O) groups excluding carboxylic acids is 1. The van der Waals surface area contributed by atoms with Crippen LogP contribution in [0.1, 0.15) is 28.0 Å². The lowest BCUT2D eigenvalue weighted by Crippen LogP contribution is -2.30. The highest BCUT2D eigenvalue weighted by atomic mass is 32.2. The fourth-order valence-corrected chi connectivity index (χ4v) is 4.81. The molecule has 0 aliphatic carbocycles. The van der Waals surface area contributed by atoms with E-state index in [1.165, 1.54) is 0 Å². The number of nitrogens with one attached hydrogen (secondary N) is 1. The van der Waals surface area contributed by atoms with Crippen molar-refractivity contribution in [1.82, 2.24) is 15.1 Å². The van der Waals surface area contributed by atoms with E-state index in [4.69, 9.17) is 0 Å². The van der Waals surface area contributed by atoms with Gasteiger partial charge in [0.05, 0.1) is 34.6 Å². The van der Waals surface area contributed by atoms with E-state index < -0.39 is 9.84 Å². The summed E-state index contributed by atoms with van der Waals surface area (Å²) in [7, 11) is -2.92. The van der Waals surface area contributed by atoms with Crippen LogP contribution in [0.2, 0.25) is 0 Å². The second-order valence-corrected chi connectivity index (χ2v) is 8.60. The Hall–Kier alpha value is -2.15. The highest BCUT2D eigenvalue weighted by Crippen LogP contribution is 2.18. The third kappa shape index (κ3) is 3.51. The number of nitrogens with zero attached hydrogens (tertiary/aromatic N) is 2. The van der Waals surface area contributed by atoms with Gasteiger partial charge in [0.1, 0.15) is 0 Å². The van der Waals surface area contributed by atoms with E-state index in [9.17, 15) is 13.2 Å². The molecule has 128 valence electrons. The number of amides is 1. The van der Waals surface area contributed by atoms with Crippen molar-refractivity contribution in [3.63, 3.8) is 0 Å². The van der Waals surface area contributed by atoms with Crippen molar-refractivity contribution in [1.29, 1.82) is 0 Å². The van der Waals surface area contributed by atoms with E-state index in [-0.39, 0.29) is 23.3 Å². The molecule has 1 aromatic carbocycles. The first-order valence-corrected chi connectivity index (χ1v) is 9.78. The average Bonchev–Trinajstić information content (AvgIpc) is 3.08. The van der Waals surface area contributed by atoms with Gasteiger partial charge < -0.3 is 5.32 Å². The molecule has 24 heavy (non-hydrogen) atoms. The van der Waals surface area contributed by atoms with Crippen LogP contribution in [0, 0.1) is 19.8 Å². The second kappa shape index (κ2) is 6.39. The quantitative estimate of drug-likeness (QED) is 0.912. The largest absolute Gasteiger partial charge is 0.352 e. The fourth-order valence-electron chi connectivity index (χ4n) is 2.94. The number of sulfone groups is 1. The lowest BCUT2D eigenvalue weighted by Gasteiger charge is -2.10. The zero-order chi connectivity index (χ0) is 17.3. The number of hydrogen-bond donors (Lipinski definition) is 1. The maximum absolute atomic E-state index is 12.4. The van der Waals surface area contributed by atoms with Gasteiger partial charge in [0, 0.05) is 6.54 Å². The number of rotatable bonds is 4. The van der Waals surface area contributed by atoms with Gasteiger partial charge in [0.15, 0.2) is 9.84 Å². The van der Waals surface area contributed by atoms with E-state index in [2.05, 4.69) is 10.4 Å². The Balaban J connectivity index is 1.69. The third-order valence-corrected chi connectivity index (χ3v) is 6.25. The third-order valence-electron chi connectivity index (χ3n) is 4.41. The van der Waals surface area contributed by atoms with Crippen molar-refractivity contribution in [2.75, 3.05) is 18.1 Å². The molecule has 1 aliphatic heterocycles. The molecular formula is C17H21N3O3S. The zero-order valence-electron chi connectivity index (χ0n) is 13.8. The molecule has 6 nitrogen and oxygen atoms in total. The van der Waals surface area contributed by atoms with Gasteiger partial charge >= 0.3 is 0 Å². The summed E-state index contributed by atoms with van der Waals surface area (Å²) in [5, 5.41) is 7.14. The topological polar surface area (TPSA) is 81.1 Å². The molecule has 0 spiro atoms. The van der Waals surface area contributed by atoms with Crippen LogP contribution in [0.5, 0.6) is 0 Å². The van der Waals surface area contributed by atoms with Crippen LogP contribution in [0.4, 0.5) is 0 Å². The molecule has 1 aromatic heterocycles. The molecular weight excluding hydrogens is 326 g/mol. The molecule has 1 N–H and O–H groups in total. The number of carbonyl (C=O) groups is 1. The number of hydrogen-bond acceptors (Lipinski definition) is 4. The van der Waals surface area contributed by atoms with E-state index in [0.29, 0.717) is 18.5 Å². The molecule has 1 atom stereocenters. The number of benzene rings is 1. The number of aromatic nitrogens is 2. The van der Waals surface area contributed by atoms with Crippen molar-refractivity contribution < 1.29 is 13.2 Å². The van der Waals surface area contributed by atoms with Gasteiger partial charge in [-0.05, 0) is 38.3 Å². The van der Waals surface area contributed by atoms with Gasteiger partial charge in [-0.15, -0.1) is 0 Å². The van der Waals surface area contributed by atoms with Crippen LogP contribution < -0.4 is 5.32 Å². The summed E-state index contributed by atoms with van der Waals surface area (Å²) in [4.78, 5) is 12.4. The molecule has 2 aromatic rings. The van der Waals surface area contributed by atoms with Gasteiger partial charge in [-0.1, -0.05) is 17.7 Å². The summed E-state index contributed by atoms with van der Waals surface area (Å²) in [6.07, 6.45) is 2.17. The van der Waals surface area contributed by atoms with Crippen molar-refractivity contribution in [3.05, 3.63) is 47.3 Å². The Morgan fingerprint density at radius 1 is 1.29 bits per heavy atom. The van der Waals surface area contributed by atoms with Crippen molar-refractivity contribution in [2.45, 2.75) is 20.3 Å². The normalized spacial score (nSPS) is 19.3. The van der Waals surface area contributed by atoms with Gasteiger partial charge in [0.2, 0.25) is 0 Å². The Bertz CT molecular complexity index is 854. The number of aryl methyl sites for hydroxylation is 1. The predicted molar refractivity (Wildman–Crippen MR) is 92.1 cm³/mol. The summed E-state index contributed by atoms with van der Waals surface area (Å²) in [6.45, 7) is 4.25. The summed E-state index contributed by atoms with van der Waals surface area (Å²) >= 11 is 0. The minimum absolute atomic E-state index is 0.00593. The van der Waals surface area contributed by atoms with Gasteiger partial charge in [-0.3, -0.25) is 4.79 Å². The molecule has 0 saturated carbocycles. The molecule has 0 unspecified atom stereocenters. The van der Waals surface area contributed by atoms with Crippen molar-refractivity contribution in [2.24, 2.45) is 5.92 Å². The summed E-state index contributed by atoms with van der Waals surface area (Å²) in [6, 6.07) is 7.91. The smallest absolute Gasteiger partial charge is 0.254 e. The van der Waals surface area contributed by atoms with Crippen molar-refractivity contribution >= 4 is 15.7 Å². The summed E-state index contributed by atoms with van der Waals surface area (Å²) < 4.78 is 24.7. The first-order valence-electron chi connectivity index (χ1n) is 7.96. The lowest BCUT2D eigenvalue weighted by atomic mass is 10.1. The minimum atomic E-state index is -2.92. The minimum Gasteiger partial charge on any atom is -0.352 e. The lowest BCUT2D eigenvalue weighted by molar-refractivity contribution is 0.0948. The highest BCUT2D eigenvalue weighted by molar-refractivity contribution is 7.91.